The van der Waals surface area contributed by atoms with E-state index >= 15 is 0 Å². The zero-order valence-electron chi connectivity index (χ0n) is 15.4. The van der Waals surface area contributed by atoms with E-state index in [0.29, 0.717) is 12.0 Å². The molecule has 0 aromatic carbocycles. The van der Waals surface area contributed by atoms with E-state index in [0.717, 1.165) is 62.6 Å². The van der Waals surface area contributed by atoms with Crippen LogP contribution >= 0.6 is 0 Å². The van der Waals surface area contributed by atoms with Crippen molar-refractivity contribution in [1.29, 1.82) is 0 Å². The number of fused-ring (bicyclic) bond motifs is 1. The van der Waals surface area contributed by atoms with Crippen molar-refractivity contribution in [3.63, 3.8) is 0 Å². The first-order valence-corrected chi connectivity index (χ1v) is 9.40. The van der Waals surface area contributed by atoms with Crippen molar-refractivity contribution >= 4 is 11.9 Å². The van der Waals surface area contributed by atoms with Gasteiger partial charge in [0, 0.05) is 30.2 Å². The van der Waals surface area contributed by atoms with Gasteiger partial charge in [-0.05, 0) is 43.7 Å². The number of aliphatic hydroxyl groups excluding tert-OH is 1. The molecule has 2 N–H and O–H groups in total. The van der Waals surface area contributed by atoms with E-state index in [1.165, 1.54) is 11.6 Å². The van der Waals surface area contributed by atoms with Gasteiger partial charge < -0.3 is 10.4 Å². The van der Waals surface area contributed by atoms with Crippen LogP contribution in [-0.2, 0) is 19.0 Å². The summed E-state index contributed by atoms with van der Waals surface area (Å²) in [5.41, 5.74) is 2.72. The third-order valence-corrected chi connectivity index (χ3v) is 4.57. The van der Waals surface area contributed by atoms with Gasteiger partial charge in [-0.3, -0.25) is 0 Å². The molecule has 0 saturated carbocycles. The first-order chi connectivity index (χ1) is 13.4. The lowest BCUT2D eigenvalue weighted by Crippen LogP contribution is -2.14. The van der Waals surface area contributed by atoms with E-state index in [1.807, 2.05) is 0 Å². The normalized spacial score (nSPS) is 15.3. The number of nitrogens with one attached hydrogen (secondary N) is 1. The van der Waals surface area contributed by atoms with Crippen LogP contribution in [0.3, 0.4) is 0 Å². The fourth-order valence-corrected chi connectivity index (χ4v) is 3.06. The molecule has 0 spiro atoms. The standard InChI is InChI=1S/C20H23F3N4O/c21-20(22,23)19-25-12-14(13-26-19)7-10-17(28)6-2-1-5-16-9-8-15-4-3-11-24-18(15)27-16/h7-10,12-13,17,28H,1-6,11H2,(H,24,27)/b10-7+. The van der Waals surface area contributed by atoms with Gasteiger partial charge in [-0.15, -0.1) is 0 Å². The number of nitrogens with zero attached hydrogens (tertiary/aromatic N) is 3. The molecule has 0 aliphatic carbocycles. The highest BCUT2D eigenvalue weighted by molar-refractivity contribution is 5.47. The van der Waals surface area contributed by atoms with Crippen LogP contribution in [0.4, 0.5) is 19.0 Å². The minimum Gasteiger partial charge on any atom is -0.389 e. The number of anilines is 1. The molecule has 3 rings (SSSR count). The Labute approximate surface area is 161 Å². The van der Waals surface area contributed by atoms with Crippen molar-refractivity contribution in [2.45, 2.75) is 50.8 Å². The molecule has 0 radical (unpaired) electrons. The summed E-state index contributed by atoms with van der Waals surface area (Å²) in [4.78, 5) is 11.2. The quantitative estimate of drug-likeness (QED) is 0.696. The Hall–Kier alpha value is -2.48. The lowest BCUT2D eigenvalue weighted by Gasteiger charge is -2.17. The van der Waals surface area contributed by atoms with Crippen LogP contribution in [0.2, 0.25) is 0 Å². The summed E-state index contributed by atoms with van der Waals surface area (Å²) in [6, 6.07) is 4.19. The van der Waals surface area contributed by atoms with E-state index in [2.05, 4.69) is 32.4 Å². The third-order valence-electron chi connectivity index (χ3n) is 4.57. The van der Waals surface area contributed by atoms with Crippen molar-refractivity contribution < 1.29 is 18.3 Å². The number of unbranched alkanes of at least 4 members (excludes halogenated alkanes) is 1. The Morgan fingerprint density at radius 3 is 2.71 bits per heavy atom. The van der Waals surface area contributed by atoms with Crippen molar-refractivity contribution in [2.24, 2.45) is 0 Å². The molecule has 0 fully saturated rings. The van der Waals surface area contributed by atoms with E-state index in [4.69, 9.17) is 0 Å². The molecular formula is C20H23F3N4O. The largest absolute Gasteiger partial charge is 0.451 e. The average molecular weight is 392 g/mol. The van der Waals surface area contributed by atoms with Gasteiger partial charge in [-0.25, -0.2) is 15.0 Å². The third kappa shape index (κ3) is 5.76. The molecular weight excluding hydrogens is 369 g/mol. The van der Waals surface area contributed by atoms with Crippen molar-refractivity contribution in [3.05, 3.63) is 53.2 Å². The zero-order chi connectivity index (χ0) is 20.0. The predicted octanol–water partition coefficient (Wildman–Crippen LogP) is 4.04. The van der Waals surface area contributed by atoms with Gasteiger partial charge in [-0.2, -0.15) is 13.2 Å². The first kappa shape index (κ1) is 20.3. The number of rotatable bonds is 7. The Morgan fingerprint density at radius 1 is 1.18 bits per heavy atom. The maximum absolute atomic E-state index is 12.4. The number of hydrogen-bond donors (Lipinski definition) is 2. The molecule has 1 unspecified atom stereocenters. The van der Waals surface area contributed by atoms with Gasteiger partial charge in [0.15, 0.2) is 0 Å². The SMILES string of the molecule is OC(/C=C/c1cnc(C(F)(F)F)nc1)CCCCc1ccc2c(n1)NCCC2. The summed E-state index contributed by atoms with van der Waals surface area (Å²) in [6.07, 6.45) is 5.39. The van der Waals surface area contributed by atoms with E-state index in [9.17, 15) is 18.3 Å². The van der Waals surface area contributed by atoms with E-state index < -0.39 is 18.1 Å². The first-order valence-electron chi connectivity index (χ1n) is 9.40. The zero-order valence-corrected chi connectivity index (χ0v) is 15.4. The molecule has 0 bridgehead atoms. The van der Waals surface area contributed by atoms with Crippen LogP contribution in [0.1, 0.15) is 48.3 Å². The summed E-state index contributed by atoms with van der Waals surface area (Å²) in [5.74, 6) is -0.179. The Kier molecular flexibility index (Phi) is 6.61. The second kappa shape index (κ2) is 9.14. The Balaban J connectivity index is 1.41. The van der Waals surface area contributed by atoms with Crippen LogP contribution in [0.5, 0.6) is 0 Å². The van der Waals surface area contributed by atoms with Crippen LogP contribution in [-0.4, -0.2) is 32.7 Å². The van der Waals surface area contributed by atoms with Crippen molar-refractivity contribution in [3.8, 4) is 0 Å². The molecule has 2 aromatic rings. The number of pyridine rings is 1. The topological polar surface area (TPSA) is 70.9 Å². The molecule has 2 aromatic heterocycles. The monoisotopic (exact) mass is 392 g/mol. The second-order valence-electron chi connectivity index (χ2n) is 6.85. The summed E-state index contributed by atoms with van der Waals surface area (Å²) >= 11 is 0. The average Bonchev–Trinajstić information content (AvgIpc) is 2.69. The van der Waals surface area contributed by atoms with Gasteiger partial charge in [0.25, 0.3) is 0 Å². The number of hydrogen-bond acceptors (Lipinski definition) is 5. The number of aryl methyl sites for hydroxylation is 2. The molecule has 5 nitrogen and oxygen atoms in total. The molecule has 28 heavy (non-hydrogen) atoms. The lowest BCUT2D eigenvalue weighted by atomic mass is 10.0. The maximum atomic E-state index is 12.4. The maximum Gasteiger partial charge on any atom is 0.451 e. The molecule has 3 heterocycles. The number of halogens is 3. The molecule has 1 aliphatic rings. The molecule has 8 heteroatoms. The Morgan fingerprint density at radius 2 is 1.96 bits per heavy atom. The van der Waals surface area contributed by atoms with Crippen molar-refractivity contribution in [2.75, 3.05) is 11.9 Å². The number of aliphatic hydroxyl groups is 1. The smallest absolute Gasteiger partial charge is 0.389 e. The van der Waals surface area contributed by atoms with Crippen molar-refractivity contribution in [1.82, 2.24) is 15.0 Å². The molecule has 0 amide bonds. The van der Waals surface area contributed by atoms with Gasteiger partial charge in [0.05, 0.1) is 6.10 Å². The number of alkyl halides is 3. The lowest BCUT2D eigenvalue weighted by molar-refractivity contribution is -0.145. The summed E-state index contributed by atoms with van der Waals surface area (Å²) in [5, 5.41) is 13.3. The van der Waals surface area contributed by atoms with Gasteiger partial charge in [0.2, 0.25) is 5.82 Å². The van der Waals surface area contributed by atoms with E-state index in [-0.39, 0.29) is 0 Å². The molecule has 150 valence electrons. The van der Waals surface area contributed by atoms with Crippen LogP contribution in [0, 0.1) is 0 Å². The van der Waals surface area contributed by atoms with Gasteiger partial charge in [0.1, 0.15) is 5.82 Å². The molecule has 1 atom stereocenters. The highest BCUT2D eigenvalue weighted by Crippen LogP contribution is 2.25. The van der Waals surface area contributed by atoms with Crippen LogP contribution < -0.4 is 5.32 Å². The fraction of sp³-hybridized carbons (Fsp3) is 0.450. The van der Waals surface area contributed by atoms with E-state index in [1.54, 1.807) is 6.08 Å². The van der Waals surface area contributed by atoms with Crippen LogP contribution in [0.15, 0.2) is 30.6 Å². The van der Waals surface area contributed by atoms with Gasteiger partial charge >= 0.3 is 6.18 Å². The minimum atomic E-state index is -4.55. The Bertz CT molecular complexity index is 806. The number of aromatic nitrogens is 3. The minimum absolute atomic E-state index is 0.415. The molecule has 1 aliphatic heterocycles. The molecule has 0 saturated heterocycles. The summed E-state index contributed by atoms with van der Waals surface area (Å²) in [6.45, 7) is 0.964. The predicted molar refractivity (Wildman–Crippen MR) is 101 cm³/mol. The highest BCUT2D eigenvalue weighted by Gasteiger charge is 2.34. The van der Waals surface area contributed by atoms with Crippen LogP contribution in [0.25, 0.3) is 6.08 Å². The summed E-state index contributed by atoms with van der Waals surface area (Å²) in [7, 11) is 0. The summed E-state index contributed by atoms with van der Waals surface area (Å²) < 4.78 is 37.3. The second-order valence-corrected chi connectivity index (χ2v) is 6.85. The fourth-order valence-electron chi connectivity index (χ4n) is 3.06. The highest BCUT2D eigenvalue weighted by atomic mass is 19.4. The van der Waals surface area contributed by atoms with Gasteiger partial charge in [-0.1, -0.05) is 24.6 Å².